The third-order valence-electron chi connectivity index (χ3n) is 3.87. The van der Waals surface area contributed by atoms with Gasteiger partial charge in [0.2, 0.25) is 0 Å². The zero-order chi connectivity index (χ0) is 17.2. The monoisotopic (exact) mass is 321 g/mol. The van der Waals surface area contributed by atoms with Crippen LogP contribution in [0.15, 0.2) is 24.3 Å². The molecule has 0 aromatic heterocycles. The van der Waals surface area contributed by atoms with E-state index in [9.17, 15) is 19.8 Å². The number of carboxylic acids is 1. The van der Waals surface area contributed by atoms with Crippen LogP contribution in [0.1, 0.15) is 38.7 Å². The van der Waals surface area contributed by atoms with Crippen LogP contribution in [-0.4, -0.2) is 45.9 Å². The van der Waals surface area contributed by atoms with Crippen LogP contribution in [0.5, 0.6) is 5.75 Å². The Kier molecular flexibility index (Phi) is 4.82. The summed E-state index contributed by atoms with van der Waals surface area (Å²) in [7, 11) is 0. The van der Waals surface area contributed by atoms with E-state index in [1.54, 1.807) is 37.8 Å². The van der Waals surface area contributed by atoms with Crippen molar-refractivity contribution in [3.63, 3.8) is 0 Å². The number of carbonyl (C=O) groups excluding carboxylic acids is 1. The van der Waals surface area contributed by atoms with Crippen LogP contribution < -0.4 is 0 Å². The van der Waals surface area contributed by atoms with E-state index >= 15 is 0 Å². The fourth-order valence-electron chi connectivity index (χ4n) is 2.85. The minimum Gasteiger partial charge on any atom is -0.508 e. The first-order chi connectivity index (χ1) is 10.7. The minimum absolute atomic E-state index is 0.0969. The standard InChI is InChI=1S/C17H23NO5/c1-17(2,3)23-16(22)18-9-8-12(10-18)14(15(20)21)11-4-6-13(19)7-5-11/h4-7,12,14,19H,8-10H2,1-3H3,(H,20,21). The zero-order valence-electron chi connectivity index (χ0n) is 13.7. The fraction of sp³-hybridized carbons (Fsp3) is 0.529. The van der Waals surface area contributed by atoms with Gasteiger partial charge in [-0.3, -0.25) is 4.79 Å². The summed E-state index contributed by atoms with van der Waals surface area (Å²) >= 11 is 0. The van der Waals surface area contributed by atoms with Crippen LogP contribution in [0.3, 0.4) is 0 Å². The van der Waals surface area contributed by atoms with E-state index in [2.05, 4.69) is 0 Å². The molecule has 126 valence electrons. The predicted octanol–water partition coefficient (Wildman–Crippen LogP) is 2.82. The van der Waals surface area contributed by atoms with Gasteiger partial charge in [0, 0.05) is 13.1 Å². The first kappa shape index (κ1) is 17.1. The van der Waals surface area contributed by atoms with Gasteiger partial charge in [-0.05, 0) is 50.8 Å². The lowest BCUT2D eigenvalue weighted by atomic mass is 9.85. The van der Waals surface area contributed by atoms with E-state index in [0.717, 1.165) is 0 Å². The van der Waals surface area contributed by atoms with Gasteiger partial charge in [-0.1, -0.05) is 12.1 Å². The summed E-state index contributed by atoms with van der Waals surface area (Å²) < 4.78 is 5.34. The highest BCUT2D eigenvalue weighted by atomic mass is 16.6. The maximum absolute atomic E-state index is 12.1. The van der Waals surface area contributed by atoms with Crippen molar-refractivity contribution in [2.75, 3.05) is 13.1 Å². The molecule has 0 spiro atoms. The van der Waals surface area contributed by atoms with Crippen molar-refractivity contribution < 1.29 is 24.5 Å². The summed E-state index contributed by atoms with van der Waals surface area (Å²) in [6.07, 6.45) is 0.201. The molecule has 1 heterocycles. The molecule has 1 saturated heterocycles. The van der Waals surface area contributed by atoms with Crippen LogP contribution in [0.4, 0.5) is 4.79 Å². The van der Waals surface area contributed by atoms with Gasteiger partial charge >= 0.3 is 12.1 Å². The molecular weight excluding hydrogens is 298 g/mol. The molecular formula is C17H23NO5. The van der Waals surface area contributed by atoms with Crippen LogP contribution >= 0.6 is 0 Å². The van der Waals surface area contributed by atoms with Gasteiger partial charge in [-0.2, -0.15) is 0 Å². The number of nitrogens with zero attached hydrogens (tertiary/aromatic N) is 1. The molecule has 6 nitrogen and oxygen atoms in total. The Balaban J connectivity index is 2.09. The molecule has 2 atom stereocenters. The molecule has 2 unspecified atom stereocenters. The normalized spacial score (nSPS) is 19.4. The first-order valence-corrected chi connectivity index (χ1v) is 7.67. The summed E-state index contributed by atoms with van der Waals surface area (Å²) in [4.78, 5) is 25.3. The molecule has 6 heteroatoms. The number of amides is 1. The third-order valence-corrected chi connectivity index (χ3v) is 3.87. The van der Waals surface area contributed by atoms with E-state index in [1.165, 1.54) is 12.1 Å². The fourth-order valence-corrected chi connectivity index (χ4v) is 2.85. The highest BCUT2D eigenvalue weighted by molar-refractivity contribution is 5.77. The first-order valence-electron chi connectivity index (χ1n) is 7.67. The lowest BCUT2D eigenvalue weighted by molar-refractivity contribution is -0.140. The topological polar surface area (TPSA) is 87.1 Å². The van der Waals surface area contributed by atoms with Gasteiger partial charge in [-0.25, -0.2) is 4.79 Å². The number of phenolic OH excluding ortho intramolecular Hbond substituents is 1. The molecule has 2 rings (SSSR count). The number of benzene rings is 1. The van der Waals surface area contributed by atoms with Crippen molar-refractivity contribution in [2.24, 2.45) is 5.92 Å². The van der Waals surface area contributed by atoms with Crippen LogP contribution in [0, 0.1) is 5.92 Å². The van der Waals surface area contributed by atoms with Gasteiger partial charge in [-0.15, -0.1) is 0 Å². The smallest absolute Gasteiger partial charge is 0.410 e. The van der Waals surface area contributed by atoms with Gasteiger partial charge in [0.05, 0.1) is 5.92 Å². The summed E-state index contributed by atoms with van der Waals surface area (Å²) in [5.41, 5.74) is 0.0598. The second-order valence-electron chi connectivity index (χ2n) is 6.88. The average Bonchev–Trinajstić information content (AvgIpc) is 2.88. The number of carboxylic acid groups (broad SMARTS) is 1. The Bertz CT molecular complexity index is 576. The van der Waals surface area contributed by atoms with Crippen molar-refractivity contribution in [1.82, 2.24) is 4.90 Å². The third kappa shape index (κ3) is 4.37. The van der Waals surface area contributed by atoms with Crippen LogP contribution in [-0.2, 0) is 9.53 Å². The van der Waals surface area contributed by atoms with E-state index in [-0.39, 0.29) is 11.7 Å². The molecule has 1 aromatic rings. The van der Waals surface area contributed by atoms with E-state index in [0.29, 0.717) is 25.1 Å². The van der Waals surface area contributed by atoms with E-state index in [4.69, 9.17) is 4.74 Å². The molecule has 0 bridgehead atoms. The van der Waals surface area contributed by atoms with Gasteiger partial charge in [0.15, 0.2) is 0 Å². The quantitative estimate of drug-likeness (QED) is 0.894. The van der Waals surface area contributed by atoms with Crippen molar-refractivity contribution >= 4 is 12.1 Å². The van der Waals surface area contributed by atoms with Crippen molar-refractivity contribution in [3.8, 4) is 5.75 Å². The highest BCUT2D eigenvalue weighted by Gasteiger charge is 2.37. The van der Waals surface area contributed by atoms with Gasteiger partial charge in [0.25, 0.3) is 0 Å². The number of hydrogen-bond acceptors (Lipinski definition) is 4. The molecule has 2 N–H and O–H groups in total. The molecule has 1 aromatic carbocycles. The van der Waals surface area contributed by atoms with E-state index in [1.807, 2.05) is 0 Å². The number of rotatable bonds is 3. The summed E-state index contributed by atoms with van der Waals surface area (Å²) in [5, 5.41) is 18.9. The number of aliphatic carboxylic acids is 1. The predicted molar refractivity (Wildman–Crippen MR) is 84.4 cm³/mol. The number of ether oxygens (including phenoxy) is 1. The van der Waals surface area contributed by atoms with Crippen molar-refractivity contribution in [2.45, 2.75) is 38.7 Å². The minimum atomic E-state index is -0.924. The maximum Gasteiger partial charge on any atom is 0.410 e. The summed E-state index contributed by atoms with van der Waals surface area (Å²) in [5.74, 6) is -1.71. The summed E-state index contributed by atoms with van der Waals surface area (Å²) in [6.45, 7) is 6.24. The zero-order valence-corrected chi connectivity index (χ0v) is 13.7. The Morgan fingerprint density at radius 3 is 2.39 bits per heavy atom. The molecule has 0 radical (unpaired) electrons. The van der Waals surface area contributed by atoms with Crippen molar-refractivity contribution in [3.05, 3.63) is 29.8 Å². The summed E-state index contributed by atoms with van der Waals surface area (Å²) in [6, 6.07) is 6.19. The molecule has 1 aliphatic heterocycles. The Hall–Kier alpha value is -2.24. The maximum atomic E-state index is 12.1. The highest BCUT2D eigenvalue weighted by Crippen LogP contribution is 2.33. The Morgan fingerprint density at radius 2 is 1.87 bits per heavy atom. The number of carbonyl (C=O) groups is 2. The average molecular weight is 321 g/mol. The SMILES string of the molecule is CC(C)(C)OC(=O)N1CCC(C(C(=O)O)c2ccc(O)cc2)C1. The van der Waals surface area contributed by atoms with Crippen LogP contribution in [0.2, 0.25) is 0 Å². The number of hydrogen-bond donors (Lipinski definition) is 2. The Morgan fingerprint density at radius 1 is 1.26 bits per heavy atom. The number of aromatic hydroxyl groups is 1. The van der Waals surface area contributed by atoms with Crippen molar-refractivity contribution in [1.29, 1.82) is 0 Å². The second-order valence-corrected chi connectivity index (χ2v) is 6.88. The molecule has 0 saturated carbocycles. The molecule has 1 fully saturated rings. The molecule has 1 aliphatic rings. The van der Waals surface area contributed by atoms with Crippen LogP contribution in [0.25, 0.3) is 0 Å². The molecule has 0 aliphatic carbocycles. The van der Waals surface area contributed by atoms with Gasteiger partial charge in [0.1, 0.15) is 11.4 Å². The van der Waals surface area contributed by atoms with Gasteiger partial charge < -0.3 is 19.8 Å². The number of likely N-dealkylation sites (tertiary alicyclic amines) is 1. The lowest BCUT2D eigenvalue weighted by Gasteiger charge is -2.25. The lowest BCUT2D eigenvalue weighted by Crippen LogP contribution is -2.36. The van der Waals surface area contributed by atoms with E-state index < -0.39 is 23.6 Å². The Labute approximate surface area is 135 Å². The second kappa shape index (κ2) is 6.48. The largest absolute Gasteiger partial charge is 0.508 e. The number of phenols is 1. The molecule has 23 heavy (non-hydrogen) atoms. The molecule has 1 amide bonds.